The smallest absolute Gasteiger partial charge is 0.240 e. The fourth-order valence-corrected chi connectivity index (χ4v) is 3.75. The van der Waals surface area contributed by atoms with Gasteiger partial charge in [0.2, 0.25) is 5.91 Å². The number of nitrogens with zero attached hydrogens (tertiary/aromatic N) is 3. The number of benzene rings is 2. The van der Waals surface area contributed by atoms with Crippen LogP contribution in [0.2, 0.25) is 0 Å². The van der Waals surface area contributed by atoms with Gasteiger partial charge in [0, 0.05) is 29.8 Å². The van der Waals surface area contributed by atoms with Gasteiger partial charge < -0.3 is 25.4 Å². The van der Waals surface area contributed by atoms with Crippen LogP contribution < -0.4 is 25.4 Å². The number of methoxy groups -OCH3 is 2. The molecule has 1 aliphatic heterocycles. The second kappa shape index (κ2) is 7.83. The fraction of sp³-hybridized carbons (Fsp3) is 0.286. The number of primary amides is 1. The Balaban J connectivity index is 1.79. The van der Waals surface area contributed by atoms with E-state index < -0.39 is 0 Å². The number of rotatable bonds is 6. The van der Waals surface area contributed by atoms with Crippen molar-refractivity contribution < 1.29 is 14.3 Å². The molecule has 1 fully saturated rings. The van der Waals surface area contributed by atoms with Gasteiger partial charge in [-0.2, -0.15) is 0 Å². The van der Waals surface area contributed by atoms with Crippen molar-refractivity contribution in [2.45, 2.75) is 18.9 Å². The lowest BCUT2D eigenvalue weighted by molar-refractivity contribution is -0.119. The second-order valence-electron chi connectivity index (χ2n) is 6.87. The highest BCUT2D eigenvalue weighted by molar-refractivity contribution is 5.96. The Bertz CT molecular complexity index is 1060. The number of anilines is 3. The molecule has 0 bridgehead atoms. The van der Waals surface area contributed by atoms with Gasteiger partial charge in [-0.1, -0.05) is 6.07 Å². The van der Waals surface area contributed by atoms with Gasteiger partial charge >= 0.3 is 0 Å². The van der Waals surface area contributed by atoms with E-state index in [0.717, 1.165) is 47.4 Å². The largest absolute Gasteiger partial charge is 0.497 e. The van der Waals surface area contributed by atoms with Crippen LogP contribution in [-0.2, 0) is 4.79 Å². The summed E-state index contributed by atoms with van der Waals surface area (Å²) in [6.07, 6.45) is 3.14. The van der Waals surface area contributed by atoms with E-state index in [1.165, 1.54) is 6.33 Å². The van der Waals surface area contributed by atoms with E-state index in [1.807, 2.05) is 41.3 Å². The molecule has 150 valence electrons. The van der Waals surface area contributed by atoms with E-state index in [2.05, 4.69) is 15.3 Å². The van der Waals surface area contributed by atoms with Crippen LogP contribution in [0.15, 0.2) is 42.7 Å². The van der Waals surface area contributed by atoms with Crippen molar-refractivity contribution in [2.24, 2.45) is 5.73 Å². The van der Waals surface area contributed by atoms with Gasteiger partial charge in [0.1, 0.15) is 29.7 Å². The van der Waals surface area contributed by atoms with E-state index >= 15 is 0 Å². The van der Waals surface area contributed by atoms with Crippen molar-refractivity contribution >= 4 is 34.0 Å². The average molecular weight is 393 g/mol. The minimum atomic E-state index is -0.347. The summed E-state index contributed by atoms with van der Waals surface area (Å²) in [5, 5.41) is 4.15. The highest BCUT2D eigenvalue weighted by Gasteiger charge is 2.31. The number of nitrogens with two attached hydrogens (primary N) is 1. The standard InChI is InChI=1S/C21H23N5O3/c1-28-14-6-3-5-13(9-14)25-21-15-10-18(26-8-4-7-17(26)20(22)27)19(29-2)11-16(15)23-12-24-21/h3,5-6,9-12,17H,4,7-8H2,1-2H3,(H2,22,27)(H,23,24,25). The Hall–Kier alpha value is -3.55. The van der Waals surface area contributed by atoms with Crippen LogP contribution in [0.1, 0.15) is 12.8 Å². The number of carbonyl (C=O) groups is 1. The molecule has 1 aliphatic rings. The summed E-state index contributed by atoms with van der Waals surface area (Å²) in [6.45, 7) is 0.738. The molecule has 0 saturated carbocycles. The summed E-state index contributed by atoms with van der Waals surface area (Å²) in [6, 6.07) is 11.1. The summed E-state index contributed by atoms with van der Waals surface area (Å²) < 4.78 is 10.9. The molecular weight excluding hydrogens is 370 g/mol. The quantitative estimate of drug-likeness (QED) is 0.664. The van der Waals surface area contributed by atoms with E-state index in [0.29, 0.717) is 11.6 Å². The molecule has 8 heteroatoms. The molecule has 29 heavy (non-hydrogen) atoms. The van der Waals surface area contributed by atoms with E-state index in [1.54, 1.807) is 14.2 Å². The maximum absolute atomic E-state index is 11.9. The molecule has 0 radical (unpaired) electrons. The van der Waals surface area contributed by atoms with Gasteiger partial charge in [0.15, 0.2) is 0 Å². The zero-order chi connectivity index (χ0) is 20.4. The Morgan fingerprint density at radius 2 is 2.07 bits per heavy atom. The number of nitrogens with one attached hydrogen (secondary N) is 1. The van der Waals surface area contributed by atoms with Crippen molar-refractivity contribution in [2.75, 3.05) is 31.0 Å². The van der Waals surface area contributed by atoms with Gasteiger partial charge in [-0.3, -0.25) is 4.79 Å². The van der Waals surface area contributed by atoms with Crippen molar-refractivity contribution in [3.8, 4) is 11.5 Å². The third-order valence-electron chi connectivity index (χ3n) is 5.16. The molecule has 3 N–H and O–H groups in total. The van der Waals surface area contributed by atoms with Crippen LogP contribution in [0.3, 0.4) is 0 Å². The van der Waals surface area contributed by atoms with Gasteiger partial charge in [0.05, 0.1) is 25.4 Å². The minimum Gasteiger partial charge on any atom is -0.497 e. The first kappa shape index (κ1) is 18.8. The molecule has 8 nitrogen and oxygen atoms in total. The van der Waals surface area contributed by atoms with E-state index in [-0.39, 0.29) is 11.9 Å². The number of aromatic nitrogens is 2. The maximum Gasteiger partial charge on any atom is 0.240 e. The summed E-state index contributed by atoms with van der Waals surface area (Å²) in [5.41, 5.74) is 8.01. The van der Waals surface area contributed by atoms with E-state index in [4.69, 9.17) is 15.2 Å². The number of hydrogen-bond donors (Lipinski definition) is 2. The molecule has 1 atom stereocenters. The molecule has 0 spiro atoms. The normalized spacial score (nSPS) is 16.1. The van der Waals surface area contributed by atoms with Crippen LogP contribution >= 0.6 is 0 Å². The average Bonchev–Trinajstić information content (AvgIpc) is 3.23. The summed E-state index contributed by atoms with van der Waals surface area (Å²) in [7, 11) is 3.24. The predicted molar refractivity (Wildman–Crippen MR) is 112 cm³/mol. The van der Waals surface area contributed by atoms with Crippen molar-refractivity contribution in [1.29, 1.82) is 0 Å². The van der Waals surface area contributed by atoms with Crippen molar-refractivity contribution in [3.05, 3.63) is 42.7 Å². The fourth-order valence-electron chi connectivity index (χ4n) is 3.75. The van der Waals surface area contributed by atoms with Crippen LogP contribution in [0.4, 0.5) is 17.2 Å². The van der Waals surface area contributed by atoms with Crippen LogP contribution in [0.5, 0.6) is 11.5 Å². The first-order chi connectivity index (χ1) is 14.1. The molecule has 1 amide bonds. The van der Waals surface area contributed by atoms with Gasteiger partial charge in [-0.25, -0.2) is 9.97 Å². The number of carbonyl (C=O) groups excluding carboxylic acids is 1. The highest BCUT2D eigenvalue weighted by atomic mass is 16.5. The minimum absolute atomic E-state index is 0.330. The van der Waals surface area contributed by atoms with Gasteiger partial charge in [-0.15, -0.1) is 0 Å². The summed E-state index contributed by atoms with van der Waals surface area (Å²) in [4.78, 5) is 22.7. The monoisotopic (exact) mass is 393 g/mol. The number of ether oxygens (including phenoxy) is 2. The SMILES string of the molecule is COc1cccc(Nc2ncnc3cc(OC)c(N4CCCC4C(N)=O)cc23)c1. The molecule has 2 aromatic carbocycles. The Morgan fingerprint density at radius 1 is 1.21 bits per heavy atom. The third kappa shape index (κ3) is 3.61. The molecular formula is C21H23N5O3. The molecule has 3 aromatic rings. The molecule has 1 saturated heterocycles. The zero-order valence-electron chi connectivity index (χ0n) is 16.4. The van der Waals surface area contributed by atoms with Gasteiger partial charge in [-0.05, 0) is 31.0 Å². The molecule has 4 rings (SSSR count). The summed E-state index contributed by atoms with van der Waals surface area (Å²) in [5.74, 6) is 1.72. The second-order valence-corrected chi connectivity index (χ2v) is 6.87. The maximum atomic E-state index is 11.9. The zero-order valence-corrected chi connectivity index (χ0v) is 16.4. The molecule has 0 aliphatic carbocycles. The Kier molecular flexibility index (Phi) is 5.07. The third-order valence-corrected chi connectivity index (χ3v) is 5.16. The number of amides is 1. The van der Waals surface area contributed by atoms with Crippen molar-refractivity contribution in [1.82, 2.24) is 9.97 Å². The summed E-state index contributed by atoms with van der Waals surface area (Å²) >= 11 is 0. The number of hydrogen-bond acceptors (Lipinski definition) is 7. The van der Waals surface area contributed by atoms with E-state index in [9.17, 15) is 4.79 Å². The van der Waals surface area contributed by atoms with Gasteiger partial charge in [0.25, 0.3) is 0 Å². The lowest BCUT2D eigenvalue weighted by Crippen LogP contribution is -2.40. The first-order valence-electron chi connectivity index (χ1n) is 9.40. The van der Waals surface area contributed by atoms with Crippen LogP contribution in [-0.4, -0.2) is 42.7 Å². The van der Waals surface area contributed by atoms with Crippen LogP contribution in [0, 0.1) is 0 Å². The topological polar surface area (TPSA) is 103 Å². The van der Waals surface area contributed by atoms with Crippen LogP contribution in [0.25, 0.3) is 10.9 Å². The Labute approximate surface area is 168 Å². The lowest BCUT2D eigenvalue weighted by atomic mass is 10.1. The first-order valence-corrected chi connectivity index (χ1v) is 9.40. The highest BCUT2D eigenvalue weighted by Crippen LogP contribution is 2.38. The van der Waals surface area contributed by atoms with Crippen molar-refractivity contribution in [3.63, 3.8) is 0 Å². The number of fused-ring (bicyclic) bond motifs is 1. The lowest BCUT2D eigenvalue weighted by Gasteiger charge is -2.26. The molecule has 2 heterocycles. The predicted octanol–water partition coefficient (Wildman–Crippen LogP) is 2.84. The Morgan fingerprint density at radius 3 is 2.83 bits per heavy atom. The molecule has 1 aromatic heterocycles. The molecule has 1 unspecified atom stereocenters.